The highest BCUT2D eigenvalue weighted by atomic mass is 16.3. The van der Waals surface area contributed by atoms with Crippen molar-refractivity contribution in [2.75, 3.05) is 18.4 Å². The van der Waals surface area contributed by atoms with Gasteiger partial charge in [-0.25, -0.2) is 0 Å². The first-order valence-electron chi connectivity index (χ1n) is 10.5. The number of aliphatic hydroxyl groups excluding tert-OH is 1. The van der Waals surface area contributed by atoms with Crippen molar-refractivity contribution in [2.45, 2.75) is 32.8 Å². The Bertz CT molecular complexity index is 1110. The SMILES string of the molecule is CC(C)C(=O)Nc1cccc(CCCNCC(O)c2ccc(O)c3[nH]c(=O)ccc23)c1. The number of amides is 1. The van der Waals surface area contributed by atoms with Crippen molar-refractivity contribution in [1.29, 1.82) is 0 Å². The van der Waals surface area contributed by atoms with E-state index in [2.05, 4.69) is 15.6 Å². The molecule has 0 aliphatic rings. The predicted octanol–water partition coefficient (Wildman–Crippen LogP) is 3.08. The van der Waals surface area contributed by atoms with E-state index in [0.717, 1.165) is 24.1 Å². The molecule has 1 atom stereocenters. The van der Waals surface area contributed by atoms with Crippen LogP contribution in [0.2, 0.25) is 0 Å². The van der Waals surface area contributed by atoms with Crippen molar-refractivity contribution >= 4 is 22.5 Å². The van der Waals surface area contributed by atoms with E-state index < -0.39 is 6.10 Å². The predicted molar refractivity (Wildman–Crippen MR) is 122 cm³/mol. The van der Waals surface area contributed by atoms with E-state index in [4.69, 9.17) is 0 Å². The van der Waals surface area contributed by atoms with Crippen molar-refractivity contribution in [3.63, 3.8) is 0 Å². The molecule has 0 spiro atoms. The lowest BCUT2D eigenvalue weighted by atomic mass is 10.0. The number of fused-ring (bicyclic) bond motifs is 1. The normalized spacial score (nSPS) is 12.3. The molecule has 0 fully saturated rings. The van der Waals surface area contributed by atoms with Gasteiger partial charge in [0.25, 0.3) is 0 Å². The molecule has 0 saturated heterocycles. The fraction of sp³-hybridized carbons (Fsp3) is 0.333. The lowest BCUT2D eigenvalue weighted by Crippen LogP contribution is -2.23. The van der Waals surface area contributed by atoms with Crippen molar-refractivity contribution in [3.8, 4) is 5.75 Å². The van der Waals surface area contributed by atoms with Gasteiger partial charge < -0.3 is 25.8 Å². The van der Waals surface area contributed by atoms with Gasteiger partial charge in [-0.3, -0.25) is 9.59 Å². The number of aromatic nitrogens is 1. The van der Waals surface area contributed by atoms with Crippen LogP contribution in [0, 0.1) is 5.92 Å². The molecule has 1 amide bonds. The van der Waals surface area contributed by atoms with Gasteiger partial charge in [-0.15, -0.1) is 0 Å². The van der Waals surface area contributed by atoms with E-state index in [0.29, 0.717) is 29.6 Å². The molecule has 3 rings (SSSR count). The van der Waals surface area contributed by atoms with Crippen LogP contribution >= 0.6 is 0 Å². The van der Waals surface area contributed by atoms with Crippen LogP contribution in [0.4, 0.5) is 5.69 Å². The highest BCUT2D eigenvalue weighted by Gasteiger charge is 2.13. The van der Waals surface area contributed by atoms with Gasteiger partial charge in [-0.2, -0.15) is 0 Å². The van der Waals surface area contributed by atoms with Crippen LogP contribution in [0.3, 0.4) is 0 Å². The van der Waals surface area contributed by atoms with Gasteiger partial charge in [-0.1, -0.05) is 32.0 Å². The van der Waals surface area contributed by atoms with Gasteiger partial charge in [-0.05, 0) is 54.8 Å². The number of aliphatic hydroxyl groups is 1. The molecule has 0 aliphatic heterocycles. The summed E-state index contributed by atoms with van der Waals surface area (Å²) < 4.78 is 0. The number of aromatic amines is 1. The number of aromatic hydroxyl groups is 1. The Hall–Kier alpha value is -3.16. The zero-order valence-corrected chi connectivity index (χ0v) is 17.8. The number of nitrogens with one attached hydrogen (secondary N) is 3. The molecule has 0 radical (unpaired) electrons. The molecule has 5 N–H and O–H groups in total. The monoisotopic (exact) mass is 423 g/mol. The highest BCUT2D eigenvalue weighted by Crippen LogP contribution is 2.28. The molecule has 31 heavy (non-hydrogen) atoms. The number of pyridine rings is 1. The van der Waals surface area contributed by atoms with E-state index in [1.807, 2.05) is 38.1 Å². The minimum atomic E-state index is -0.774. The number of benzene rings is 2. The number of phenolic OH excluding ortho intramolecular Hbond substituents is 1. The first-order valence-corrected chi connectivity index (χ1v) is 10.5. The Morgan fingerprint density at radius 2 is 1.94 bits per heavy atom. The summed E-state index contributed by atoms with van der Waals surface area (Å²) in [6, 6.07) is 14.0. The van der Waals surface area contributed by atoms with E-state index in [1.165, 1.54) is 12.1 Å². The molecule has 1 aromatic heterocycles. The maximum absolute atomic E-state index is 11.8. The van der Waals surface area contributed by atoms with Crippen molar-refractivity contribution in [3.05, 3.63) is 70.0 Å². The summed E-state index contributed by atoms with van der Waals surface area (Å²) in [5.74, 6) is -0.0905. The molecule has 2 aromatic carbocycles. The lowest BCUT2D eigenvalue weighted by molar-refractivity contribution is -0.118. The lowest BCUT2D eigenvalue weighted by Gasteiger charge is -2.15. The average Bonchev–Trinajstić information content (AvgIpc) is 2.74. The molecular formula is C24H29N3O4. The van der Waals surface area contributed by atoms with Crippen LogP contribution in [-0.4, -0.2) is 34.2 Å². The zero-order valence-electron chi connectivity index (χ0n) is 17.8. The Balaban J connectivity index is 1.51. The summed E-state index contributed by atoms with van der Waals surface area (Å²) in [6.07, 6.45) is 0.944. The third-order valence-corrected chi connectivity index (χ3v) is 5.14. The quantitative estimate of drug-likeness (QED) is 0.339. The van der Waals surface area contributed by atoms with Crippen LogP contribution in [0.5, 0.6) is 5.75 Å². The summed E-state index contributed by atoms with van der Waals surface area (Å²) in [7, 11) is 0. The summed E-state index contributed by atoms with van der Waals surface area (Å²) >= 11 is 0. The number of carbonyl (C=O) groups excluding carboxylic acids is 1. The molecule has 164 valence electrons. The summed E-state index contributed by atoms with van der Waals surface area (Å²) in [6.45, 7) is 4.79. The number of hydrogen-bond acceptors (Lipinski definition) is 5. The first kappa shape index (κ1) is 22.5. The van der Waals surface area contributed by atoms with E-state index in [1.54, 1.807) is 12.1 Å². The molecule has 1 unspecified atom stereocenters. The van der Waals surface area contributed by atoms with Crippen LogP contribution in [0.25, 0.3) is 10.9 Å². The number of carbonyl (C=O) groups is 1. The van der Waals surface area contributed by atoms with Crippen LogP contribution in [-0.2, 0) is 11.2 Å². The number of anilines is 1. The second-order valence-electron chi connectivity index (χ2n) is 7.95. The smallest absolute Gasteiger partial charge is 0.248 e. The van der Waals surface area contributed by atoms with E-state index >= 15 is 0 Å². The largest absolute Gasteiger partial charge is 0.506 e. The molecule has 3 aromatic rings. The van der Waals surface area contributed by atoms with Gasteiger partial charge >= 0.3 is 0 Å². The third-order valence-electron chi connectivity index (χ3n) is 5.14. The van der Waals surface area contributed by atoms with Crippen LogP contribution in [0.1, 0.15) is 37.5 Å². The Kier molecular flexibility index (Phi) is 7.44. The number of phenols is 1. The van der Waals surface area contributed by atoms with Gasteiger partial charge in [0.05, 0.1) is 11.6 Å². The highest BCUT2D eigenvalue weighted by molar-refractivity contribution is 5.92. The Labute approximate surface area is 181 Å². The molecular weight excluding hydrogens is 394 g/mol. The van der Waals surface area contributed by atoms with Gasteiger partial charge in [0, 0.05) is 29.6 Å². The number of rotatable bonds is 9. The van der Waals surface area contributed by atoms with Gasteiger partial charge in [0.2, 0.25) is 11.5 Å². The maximum atomic E-state index is 11.8. The zero-order chi connectivity index (χ0) is 22.4. The van der Waals surface area contributed by atoms with Crippen LogP contribution in [0.15, 0.2) is 53.3 Å². The van der Waals surface area contributed by atoms with Crippen LogP contribution < -0.4 is 16.2 Å². The minimum Gasteiger partial charge on any atom is -0.506 e. The fourth-order valence-electron chi connectivity index (χ4n) is 3.41. The molecule has 7 nitrogen and oxygen atoms in total. The number of aryl methyl sites for hydroxylation is 1. The maximum Gasteiger partial charge on any atom is 0.248 e. The molecule has 7 heteroatoms. The molecule has 0 saturated carbocycles. The topological polar surface area (TPSA) is 114 Å². The second kappa shape index (κ2) is 10.2. The summed E-state index contributed by atoms with van der Waals surface area (Å²) in [4.78, 5) is 26.0. The van der Waals surface area contributed by atoms with Crippen molar-refractivity contribution < 1.29 is 15.0 Å². The standard InChI is InChI=1S/C24H29N3O4/c1-15(2)24(31)26-17-7-3-5-16(13-17)6-4-12-25-14-21(29)18-8-10-20(28)23-19(18)9-11-22(30)27-23/h3,5,7-11,13,15,21,25,28-29H,4,6,12,14H2,1-2H3,(H,26,31)(H,27,30). The number of H-pyrrole nitrogens is 1. The average molecular weight is 424 g/mol. The first-order chi connectivity index (χ1) is 14.8. The van der Waals surface area contributed by atoms with Crippen molar-refractivity contribution in [2.24, 2.45) is 5.92 Å². The summed E-state index contributed by atoms with van der Waals surface area (Å²) in [5.41, 5.74) is 2.60. The fourth-order valence-corrected chi connectivity index (χ4v) is 3.41. The second-order valence-corrected chi connectivity index (χ2v) is 7.95. The van der Waals surface area contributed by atoms with Gasteiger partial charge in [0.15, 0.2) is 0 Å². The molecule has 1 heterocycles. The molecule has 0 bridgehead atoms. The minimum absolute atomic E-state index is 0.00126. The van der Waals surface area contributed by atoms with Crippen molar-refractivity contribution in [1.82, 2.24) is 10.3 Å². The van der Waals surface area contributed by atoms with E-state index in [-0.39, 0.29) is 23.1 Å². The van der Waals surface area contributed by atoms with E-state index in [9.17, 15) is 19.8 Å². The Morgan fingerprint density at radius 1 is 1.13 bits per heavy atom. The third kappa shape index (κ3) is 5.93. The number of hydrogen-bond donors (Lipinski definition) is 5. The summed E-state index contributed by atoms with van der Waals surface area (Å²) in [5, 5.41) is 27.3. The Morgan fingerprint density at radius 3 is 2.71 bits per heavy atom. The van der Waals surface area contributed by atoms with Gasteiger partial charge in [0.1, 0.15) is 5.75 Å². The molecule has 0 aliphatic carbocycles.